The zero-order valence-electron chi connectivity index (χ0n) is 19.6. The second-order valence-electron chi connectivity index (χ2n) is 7.89. The molecular formula is C29H22Cl2N2O4. The number of rotatable bonds is 9. The summed E-state index contributed by atoms with van der Waals surface area (Å²) in [5.41, 5.74) is 4.06. The molecule has 0 aliphatic carbocycles. The van der Waals surface area contributed by atoms with E-state index in [0.717, 1.165) is 16.3 Å². The number of fused-ring (bicyclic) bond motifs is 1. The number of nitrogens with zero attached hydrogens (tertiary/aromatic N) is 1. The van der Waals surface area contributed by atoms with Crippen molar-refractivity contribution in [1.82, 2.24) is 5.43 Å². The molecular weight excluding hydrogens is 511 g/mol. The van der Waals surface area contributed by atoms with Crippen LogP contribution in [0.25, 0.3) is 10.8 Å². The first-order chi connectivity index (χ1) is 18.0. The molecule has 0 aliphatic heterocycles. The van der Waals surface area contributed by atoms with Crippen LogP contribution in [0.3, 0.4) is 0 Å². The predicted octanol–water partition coefficient (Wildman–Crippen LogP) is 6.62. The molecule has 0 bridgehead atoms. The molecule has 4 rings (SSSR count). The van der Waals surface area contributed by atoms with Crippen LogP contribution in [0.5, 0.6) is 11.5 Å². The first-order valence-corrected chi connectivity index (χ1v) is 12.0. The predicted molar refractivity (Wildman–Crippen MR) is 147 cm³/mol. The number of hydrogen-bond donors (Lipinski definition) is 1. The molecule has 0 spiro atoms. The van der Waals surface area contributed by atoms with Crippen molar-refractivity contribution in [3.8, 4) is 11.5 Å². The van der Waals surface area contributed by atoms with E-state index in [1.165, 1.54) is 18.3 Å². The Kier molecular flexibility index (Phi) is 8.56. The highest BCUT2D eigenvalue weighted by Gasteiger charge is 2.16. The molecule has 0 radical (unpaired) electrons. The molecule has 4 aromatic rings. The van der Waals surface area contributed by atoms with Crippen molar-refractivity contribution >= 4 is 52.1 Å². The highest BCUT2D eigenvalue weighted by molar-refractivity contribution is 6.36. The molecule has 0 heterocycles. The van der Waals surface area contributed by atoms with Gasteiger partial charge in [-0.15, -0.1) is 6.58 Å². The third kappa shape index (κ3) is 6.55. The van der Waals surface area contributed by atoms with Gasteiger partial charge in [0.2, 0.25) is 0 Å². The van der Waals surface area contributed by atoms with Gasteiger partial charge in [-0.25, -0.2) is 10.2 Å². The number of para-hydroxylation sites is 1. The van der Waals surface area contributed by atoms with Crippen molar-refractivity contribution in [3.63, 3.8) is 0 Å². The van der Waals surface area contributed by atoms with Gasteiger partial charge in [-0.2, -0.15) is 5.10 Å². The standard InChI is InChI=1S/C29H22Cl2N2O4/c1-2-7-20-9-4-6-11-26(20)36-18-28(34)33-32-17-24-22-10-5-3-8-19(22)12-15-27(24)37-29(35)23-14-13-21(30)16-25(23)31/h2-6,8-17H,1,7,18H2,(H,33,34). The summed E-state index contributed by atoms with van der Waals surface area (Å²) in [4.78, 5) is 25.2. The topological polar surface area (TPSA) is 77.0 Å². The Bertz CT molecular complexity index is 1500. The van der Waals surface area contributed by atoms with Crippen LogP contribution in [0.2, 0.25) is 10.0 Å². The molecule has 0 saturated heterocycles. The fourth-order valence-electron chi connectivity index (χ4n) is 3.62. The van der Waals surface area contributed by atoms with Crippen LogP contribution in [0.15, 0.2) is 96.6 Å². The quantitative estimate of drug-likeness (QED) is 0.0862. The number of hydrazone groups is 1. The zero-order chi connectivity index (χ0) is 26.2. The molecule has 4 aromatic carbocycles. The first kappa shape index (κ1) is 25.9. The van der Waals surface area contributed by atoms with Crippen LogP contribution < -0.4 is 14.9 Å². The van der Waals surface area contributed by atoms with Crippen molar-refractivity contribution in [2.24, 2.45) is 5.10 Å². The molecule has 0 aromatic heterocycles. The Hall–Kier alpha value is -4.13. The molecule has 186 valence electrons. The largest absolute Gasteiger partial charge is 0.483 e. The summed E-state index contributed by atoms with van der Waals surface area (Å²) in [6.07, 6.45) is 3.82. The smallest absolute Gasteiger partial charge is 0.345 e. The second-order valence-corrected chi connectivity index (χ2v) is 8.74. The van der Waals surface area contributed by atoms with E-state index in [2.05, 4.69) is 17.1 Å². The summed E-state index contributed by atoms with van der Waals surface area (Å²) in [5, 5.41) is 6.34. The Morgan fingerprint density at radius 1 is 0.946 bits per heavy atom. The van der Waals surface area contributed by atoms with Gasteiger partial charge in [0.1, 0.15) is 11.5 Å². The molecule has 0 saturated carbocycles. The lowest BCUT2D eigenvalue weighted by atomic mass is 10.0. The maximum Gasteiger partial charge on any atom is 0.345 e. The third-order valence-corrected chi connectivity index (χ3v) is 5.91. The number of carbonyl (C=O) groups excluding carboxylic acids is 2. The molecule has 1 N–H and O–H groups in total. The van der Waals surface area contributed by atoms with Crippen LogP contribution in [0.4, 0.5) is 0 Å². The maximum absolute atomic E-state index is 12.8. The van der Waals surface area contributed by atoms with Crippen molar-refractivity contribution in [3.05, 3.63) is 118 Å². The van der Waals surface area contributed by atoms with Crippen molar-refractivity contribution in [2.45, 2.75) is 6.42 Å². The minimum atomic E-state index is -0.651. The third-order valence-electron chi connectivity index (χ3n) is 5.36. The van der Waals surface area contributed by atoms with E-state index in [0.29, 0.717) is 22.8 Å². The van der Waals surface area contributed by atoms with Crippen LogP contribution in [0.1, 0.15) is 21.5 Å². The van der Waals surface area contributed by atoms with E-state index < -0.39 is 11.9 Å². The lowest BCUT2D eigenvalue weighted by molar-refractivity contribution is -0.123. The fourth-order valence-corrected chi connectivity index (χ4v) is 4.11. The van der Waals surface area contributed by atoms with Gasteiger partial charge in [-0.05, 0) is 53.1 Å². The van der Waals surface area contributed by atoms with Gasteiger partial charge in [-0.3, -0.25) is 4.79 Å². The highest BCUT2D eigenvalue weighted by atomic mass is 35.5. The Morgan fingerprint density at radius 3 is 2.54 bits per heavy atom. The summed E-state index contributed by atoms with van der Waals surface area (Å²) in [7, 11) is 0. The summed E-state index contributed by atoms with van der Waals surface area (Å²) in [6.45, 7) is 3.51. The normalized spacial score (nSPS) is 10.9. The highest BCUT2D eigenvalue weighted by Crippen LogP contribution is 2.29. The van der Waals surface area contributed by atoms with E-state index in [9.17, 15) is 9.59 Å². The lowest BCUT2D eigenvalue weighted by Crippen LogP contribution is -2.25. The van der Waals surface area contributed by atoms with Gasteiger partial charge in [-0.1, -0.05) is 77.8 Å². The van der Waals surface area contributed by atoms with E-state index in [1.807, 2.05) is 48.5 Å². The SMILES string of the molecule is C=CCc1ccccc1OCC(=O)NN=Cc1c(OC(=O)c2ccc(Cl)cc2Cl)ccc2ccccc12. The second kappa shape index (κ2) is 12.2. The van der Waals surface area contributed by atoms with Crippen molar-refractivity contribution < 1.29 is 19.1 Å². The number of benzene rings is 4. The van der Waals surface area contributed by atoms with E-state index in [1.54, 1.807) is 24.3 Å². The van der Waals surface area contributed by atoms with E-state index in [-0.39, 0.29) is 22.9 Å². The summed E-state index contributed by atoms with van der Waals surface area (Å²) >= 11 is 12.1. The Morgan fingerprint density at radius 2 is 1.73 bits per heavy atom. The molecule has 0 atom stereocenters. The number of allylic oxidation sites excluding steroid dienone is 1. The minimum absolute atomic E-state index is 0.171. The van der Waals surface area contributed by atoms with Gasteiger partial charge in [0, 0.05) is 10.6 Å². The van der Waals surface area contributed by atoms with Gasteiger partial charge in [0.05, 0.1) is 16.8 Å². The maximum atomic E-state index is 12.8. The Balaban J connectivity index is 1.51. The molecule has 1 amide bonds. The molecule has 0 aliphatic rings. The number of amides is 1. The zero-order valence-corrected chi connectivity index (χ0v) is 21.1. The van der Waals surface area contributed by atoms with E-state index >= 15 is 0 Å². The van der Waals surface area contributed by atoms with Crippen LogP contribution >= 0.6 is 23.2 Å². The first-order valence-electron chi connectivity index (χ1n) is 11.3. The summed E-state index contributed by atoms with van der Waals surface area (Å²) < 4.78 is 11.3. The molecule has 8 heteroatoms. The van der Waals surface area contributed by atoms with Crippen LogP contribution in [0, 0.1) is 0 Å². The van der Waals surface area contributed by atoms with Crippen molar-refractivity contribution in [2.75, 3.05) is 6.61 Å². The summed E-state index contributed by atoms with van der Waals surface area (Å²) in [6, 6.07) is 23.0. The average molecular weight is 533 g/mol. The Labute approximate surface area is 224 Å². The number of hydrogen-bond acceptors (Lipinski definition) is 5. The number of nitrogens with one attached hydrogen (secondary N) is 1. The van der Waals surface area contributed by atoms with E-state index in [4.69, 9.17) is 32.7 Å². The van der Waals surface area contributed by atoms with Gasteiger partial charge < -0.3 is 9.47 Å². The molecule has 6 nitrogen and oxygen atoms in total. The number of esters is 1. The number of halogens is 2. The van der Waals surface area contributed by atoms with Crippen LogP contribution in [-0.2, 0) is 11.2 Å². The van der Waals surface area contributed by atoms with Crippen LogP contribution in [-0.4, -0.2) is 24.7 Å². The molecule has 37 heavy (non-hydrogen) atoms. The monoisotopic (exact) mass is 532 g/mol. The van der Waals surface area contributed by atoms with Gasteiger partial charge in [0.25, 0.3) is 5.91 Å². The lowest BCUT2D eigenvalue weighted by Gasteiger charge is -2.11. The number of carbonyl (C=O) groups is 2. The fraction of sp³-hybridized carbons (Fsp3) is 0.0690. The van der Waals surface area contributed by atoms with Crippen molar-refractivity contribution in [1.29, 1.82) is 0 Å². The summed E-state index contributed by atoms with van der Waals surface area (Å²) in [5.74, 6) is -0.244. The van der Waals surface area contributed by atoms with Gasteiger partial charge >= 0.3 is 5.97 Å². The van der Waals surface area contributed by atoms with Gasteiger partial charge in [0.15, 0.2) is 6.61 Å². The molecule has 0 unspecified atom stereocenters. The molecule has 0 fully saturated rings. The minimum Gasteiger partial charge on any atom is -0.483 e. The number of ether oxygens (including phenoxy) is 2. The average Bonchev–Trinajstić information content (AvgIpc) is 2.89.